The molecule has 1 fully saturated rings. The van der Waals surface area contributed by atoms with Gasteiger partial charge >= 0.3 is 6.09 Å². The summed E-state index contributed by atoms with van der Waals surface area (Å²) in [7, 11) is 0. The fourth-order valence-electron chi connectivity index (χ4n) is 3.28. The third-order valence-corrected chi connectivity index (χ3v) is 4.58. The van der Waals surface area contributed by atoms with Crippen LogP contribution < -0.4 is 10.6 Å². The number of likely N-dealkylation sites (tertiary alicyclic amines) is 1. The van der Waals surface area contributed by atoms with Crippen molar-refractivity contribution in [3.63, 3.8) is 0 Å². The number of hydrogen-bond donors (Lipinski definition) is 2. The van der Waals surface area contributed by atoms with Gasteiger partial charge in [-0.2, -0.15) is 0 Å². The molecule has 1 saturated heterocycles. The average Bonchev–Trinajstić information content (AvgIpc) is 3.14. The molecule has 0 atom stereocenters. The zero-order chi connectivity index (χ0) is 20.9. The van der Waals surface area contributed by atoms with Crippen molar-refractivity contribution in [1.29, 1.82) is 0 Å². The van der Waals surface area contributed by atoms with Gasteiger partial charge in [-0.25, -0.2) is 4.79 Å². The fraction of sp³-hybridized carbons (Fsp3) is 0.391. The van der Waals surface area contributed by atoms with E-state index in [2.05, 4.69) is 21.6 Å². The lowest BCUT2D eigenvalue weighted by atomic mass is 10.1. The van der Waals surface area contributed by atoms with Crippen molar-refractivity contribution in [2.45, 2.75) is 45.8 Å². The van der Waals surface area contributed by atoms with E-state index >= 15 is 0 Å². The highest BCUT2D eigenvalue weighted by atomic mass is 16.6. The summed E-state index contributed by atoms with van der Waals surface area (Å²) in [5, 5.41) is 5.60. The molecule has 0 spiro atoms. The summed E-state index contributed by atoms with van der Waals surface area (Å²) in [5.41, 5.74) is 2.50. The Labute approximate surface area is 172 Å². The number of benzene rings is 2. The number of hydrogen-bond acceptors (Lipinski definition) is 4. The van der Waals surface area contributed by atoms with Gasteiger partial charge in [0.15, 0.2) is 0 Å². The maximum Gasteiger partial charge on any atom is 0.412 e. The molecule has 2 N–H and O–H groups in total. The summed E-state index contributed by atoms with van der Waals surface area (Å²) in [6.45, 7) is 8.61. The van der Waals surface area contributed by atoms with Crippen LogP contribution in [0.3, 0.4) is 0 Å². The second kappa shape index (κ2) is 9.09. The Balaban J connectivity index is 1.57. The first-order valence-corrected chi connectivity index (χ1v) is 10.0. The van der Waals surface area contributed by atoms with Crippen LogP contribution in [0.15, 0.2) is 48.5 Å². The number of amides is 2. The van der Waals surface area contributed by atoms with Gasteiger partial charge in [0.25, 0.3) is 5.91 Å². The SMILES string of the molecule is CC(C)(C)OC(=O)Nc1ccc(C(=O)Nc2cccc(CN3CCCC3)c2)cc1. The molecule has 0 unspecified atom stereocenters. The van der Waals surface area contributed by atoms with Crippen molar-refractivity contribution < 1.29 is 14.3 Å². The molecule has 29 heavy (non-hydrogen) atoms. The van der Waals surface area contributed by atoms with Gasteiger partial charge in [0.05, 0.1) is 0 Å². The Bertz CT molecular complexity index is 850. The monoisotopic (exact) mass is 395 g/mol. The minimum Gasteiger partial charge on any atom is -0.444 e. The van der Waals surface area contributed by atoms with Crippen LogP contribution in [0, 0.1) is 0 Å². The highest BCUT2D eigenvalue weighted by Crippen LogP contribution is 2.18. The Morgan fingerprint density at radius 2 is 1.66 bits per heavy atom. The summed E-state index contributed by atoms with van der Waals surface area (Å²) >= 11 is 0. The molecule has 1 aliphatic rings. The maximum atomic E-state index is 12.6. The summed E-state index contributed by atoms with van der Waals surface area (Å²) in [5.74, 6) is -0.188. The predicted octanol–water partition coefficient (Wildman–Crippen LogP) is 4.88. The van der Waals surface area contributed by atoms with Crippen molar-refractivity contribution in [1.82, 2.24) is 4.90 Å². The van der Waals surface area contributed by atoms with E-state index in [1.165, 1.54) is 18.4 Å². The third kappa shape index (κ3) is 6.61. The summed E-state index contributed by atoms with van der Waals surface area (Å²) < 4.78 is 5.22. The Morgan fingerprint density at radius 1 is 0.966 bits per heavy atom. The largest absolute Gasteiger partial charge is 0.444 e. The van der Waals surface area contributed by atoms with E-state index in [1.54, 1.807) is 45.0 Å². The molecule has 0 aromatic heterocycles. The van der Waals surface area contributed by atoms with Gasteiger partial charge in [0.2, 0.25) is 0 Å². The van der Waals surface area contributed by atoms with Gasteiger partial charge in [-0.3, -0.25) is 15.0 Å². The first kappa shape index (κ1) is 20.9. The molecular formula is C23H29N3O3. The quantitative estimate of drug-likeness (QED) is 0.757. The van der Waals surface area contributed by atoms with E-state index in [1.807, 2.05) is 18.2 Å². The summed E-state index contributed by atoms with van der Waals surface area (Å²) in [4.78, 5) is 26.8. The molecule has 2 aromatic rings. The number of carbonyl (C=O) groups excluding carboxylic acids is 2. The van der Waals surface area contributed by atoms with Crippen LogP contribution in [0.25, 0.3) is 0 Å². The number of nitrogens with zero attached hydrogens (tertiary/aromatic N) is 1. The molecule has 0 bridgehead atoms. The van der Waals surface area contributed by atoms with E-state index < -0.39 is 11.7 Å². The van der Waals surface area contributed by atoms with Gasteiger partial charge in [-0.15, -0.1) is 0 Å². The van der Waals surface area contributed by atoms with Gasteiger partial charge in [-0.1, -0.05) is 12.1 Å². The van der Waals surface area contributed by atoms with Crippen LogP contribution in [-0.4, -0.2) is 35.6 Å². The number of ether oxygens (including phenoxy) is 1. The first-order chi connectivity index (χ1) is 13.8. The minimum absolute atomic E-state index is 0.188. The zero-order valence-electron chi connectivity index (χ0n) is 17.3. The number of rotatable bonds is 5. The predicted molar refractivity (Wildman–Crippen MR) is 115 cm³/mol. The molecule has 6 nitrogen and oxygen atoms in total. The Morgan fingerprint density at radius 3 is 2.31 bits per heavy atom. The molecule has 2 aromatic carbocycles. The second-order valence-corrected chi connectivity index (χ2v) is 8.34. The Kier molecular flexibility index (Phi) is 6.54. The van der Waals surface area contributed by atoms with E-state index in [0.29, 0.717) is 11.3 Å². The second-order valence-electron chi connectivity index (χ2n) is 8.34. The highest BCUT2D eigenvalue weighted by Gasteiger charge is 2.16. The zero-order valence-corrected chi connectivity index (χ0v) is 17.3. The minimum atomic E-state index is -0.562. The van der Waals surface area contributed by atoms with Gasteiger partial charge in [0, 0.05) is 23.5 Å². The lowest BCUT2D eigenvalue weighted by Gasteiger charge is -2.19. The molecule has 3 rings (SSSR count). The molecule has 154 valence electrons. The van der Waals surface area contributed by atoms with Crippen LogP contribution >= 0.6 is 0 Å². The van der Waals surface area contributed by atoms with Crippen molar-refractivity contribution in [3.05, 3.63) is 59.7 Å². The van der Waals surface area contributed by atoms with Gasteiger partial charge in [0.1, 0.15) is 5.60 Å². The standard InChI is InChI=1S/C23H29N3O3/c1-23(2,3)29-22(28)25-19-11-9-18(10-12-19)21(27)24-20-8-6-7-17(15-20)16-26-13-4-5-14-26/h6-12,15H,4-5,13-14,16H2,1-3H3,(H,24,27)(H,25,28). The molecule has 6 heteroatoms. The molecule has 0 aliphatic carbocycles. The van der Waals surface area contributed by atoms with E-state index in [4.69, 9.17) is 4.74 Å². The van der Waals surface area contributed by atoms with Crippen LogP contribution in [-0.2, 0) is 11.3 Å². The van der Waals surface area contributed by atoms with Crippen LogP contribution in [0.5, 0.6) is 0 Å². The lowest BCUT2D eigenvalue weighted by molar-refractivity contribution is 0.0636. The van der Waals surface area contributed by atoms with Crippen LogP contribution in [0.1, 0.15) is 49.5 Å². The van der Waals surface area contributed by atoms with Crippen LogP contribution in [0.2, 0.25) is 0 Å². The third-order valence-electron chi connectivity index (χ3n) is 4.58. The highest BCUT2D eigenvalue weighted by molar-refractivity contribution is 6.04. The lowest BCUT2D eigenvalue weighted by Crippen LogP contribution is -2.27. The maximum absolute atomic E-state index is 12.6. The molecule has 0 radical (unpaired) electrons. The van der Waals surface area contributed by atoms with Crippen molar-refractivity contribution in [2.24, 2.45) is 0 Å². The molecular weight excluding hydrogens is 366 g/mol. The van der Waals surface area contributed by atoms with Gasteiger partial charge < -0.3 is 10.1 Å². The molecule has 1 heterocycles. The Hall–Kier alpha value is -2.86. The summed E-state index contributed by atoms with van der Waals surface area (Å²) in [6, 6.07) is 14.7. The summed E-state index contributed by atoms with van der Waals surface area (Å²) in [6.07, 6.45) is 1.99. The number of anilines is 2. The topological polar surface area (TPSA) is 70.7 Å². The number of carbonyl (C=O) groups is 2. The smallest absolute Gasteiger partial charge is 0.412 e. The molecule has 2 amide bonds. The fourth-order valence-corrected chi connectivity index (χ4v) is 3.28. The van der Waals surface area contributed by atoms with Crippen LogP contribution in [0.4, 0.5) is 16.2 Å². The normalized spacial score (nSPS) is 14.4. The molecule has 0 saturated carbocycles. The first-order valence-electron chi connectivity index (χ1n) is 10.0. The van der Waals surface area contributed by atoms with E-state index in [9.17, 15) is 9.59 Å². The number of nitrogens with one attached hydrogen (secondary N) is 2. The van der Waals surface area contributed by atoms with Crippen molar-refractivity contribution in [2.75, 3.05) is 23.7 Å². The van der Waals surface area contributed by atoms with E-state index in [-0.39, 0.29) is 5.91 Å². The average molecular weight is 396 g/mol. The van der Waals surface area contributed by atoms with Gasteiger partial charge in [-0.05, 0) is 88.7 Å². The van der Waals surface area contributed by atoms with E-state index in [0.717, 1.165) is 25.3 Å². The van der Waals surface area contributed by atoms with Crippen molar-refractivity contribution >= 4 is 23.4 Å². The molecule has 1 aliphatic heterocycles. The van der Waals surface area contributed by atoms with Crippen molar-refractivity contribution in [3.8, 4) is 0 Å².